The van der Waals surface area contributed by atoms with Crippen LogP contribution in [0.2, 0.25) is 0 Å². The van der Waals surface area contributed by atoms with Crippen LogP contribution in [0.25, 0.3) is 10.2 Å². The first-order chi connectivity index (χ1) is 11.2. The molecule has 2 aromatic rings. The number of hydrogen-bond donors (Lipinski definition) is 0. The number of amides is 1. The summed E-state index contributed by atoms with van der Waals surface area (Å²) in [6.45, 7) is 0. The van der Waals surface area contributed by atoms with Crippen molar-refractivity contribution in [3.63, 3.8) is 0 Å². The first kappa shape index (κ1) is 15.5. The van der Waals surface area contributed by atoms with Gasteiger partial charge in [-0.25, -0.2) is 9.78 Å². The average Bonchev–Trinajstić information content (AvgIpc) is 3.03. The van der Waals surface area contributed by atoms with Crippen LogP contribution in [0.1, 0.15) is 6.42 Å². The van der Waals surface area contributed by atoms with Crippen molar-refractivity contribution in [2.75, 3.05) is 17.8 Å². The Morgan fingerprint density at radius 2 is 2.30 bits per heavy atom. The number of thioether (sulfide) groups is 1. The van der Waals surface area contributed by atoms with E-state index in [1.807, 2.05) is 12.1 Å². The van der Waals surface area contributed by atoms with Gasteiger partial charge in [-0.05, 0) is 18.2 Å². The fraction of sp³-hybridized carbons (Fsp3) is 0.200. The van der Waals surface area contributed by atoms with Crippen molar-refractivity contribution in [2.45, 2.75) is 6.42 Å². The number of benzene rings is 1. The predicted octanol–water partition coefficient (Wildman–Crippen LogP) is 2.67. The molecule has 6 nitrogen and oxygen atoms in total. The third kappa shape index (κ3) is 2.81. The van der Waals surface area contributed by atoms with Gasteiger partial charge in [0, 0.05) is 12.2 Å². The lowest BCUT2D eigenvalue weighted by molar-refractivity contribution is -0.135. The van der Waals surface area contributed by atoms with Gasteiger partial charge < -0.3 is 4.74 Å². The van der Waals surface area contributed by atoms with Crippen LogP contribution in [-0.2, 0) is 14.3 Å². The van der Waals surface area contributed by atoms with Crippen LogP contribution in [0.3, 0.4) is 0 Å². The number of nitrogens with zero attached hydrogens (tertiary/aromatic N) is 3. The number of anilines is 1. The zero-order valence-electron chi connectivity index (χ0n) is 12.1. The molecule has 0 spiro atoms. The summed E-state index contributed by atoms with van der Waals surface area (Å²) in [4.78, 5) is 29.9. The summed E-state index contributed by atoms with van der Waals surface area (Å²) in [5.41, 5.74) is 2.93. The summed E-state index contributed by atoms with van der Waals surface area (Å²) in [7, 11) is 1.21. The first-order valence-electron chi connectivity index (χ1n) is 6.67. The van der Waals surface area contributed by atoms with Crippen LogP contribution in [0.15, 0.2) is 34.3 Å². The minimum absolute atomic E-state index is 0.162. The normalized spacial score (nSPS) is 17.0. The Kier molecular flexibility index (Phi) is 4.32. The zero-order valence-corrected chi connectivity index (χ0v) is 13.7. The molecule has 8 heteroatoms. The molecular weight excluding hydrogens is 334 g/mol. The molecule has 1 aliphatic heterocycles. The van der Waals surface area contributed by atoms with Gasteiger partial charge in [-0.15, -0.1) is 23.1 Å². The molecule has 116 valence electrons. The molecular formula is C15H11N3O3S2. The third-order valence-electron chi connectivity index (χ3n) is 3.29. The van der Waals surface area contributed by atoms with E-state index in [-0.39, 0.29) is 11.5 Å². The van der Waals surface area contributed by atoms with Crippen molar-refractivity contribution in [1.82, 2.24) is 4.98 Å². The van der Waals surface area contributed by atoms with Gasteiger partial charge in [0.15, 0.2) is 5.57 Å². The minimum Gasteiger partial charge on any atom is -0.465 e. The Balaban J connectivity index is 2.15. The Morgan fingerprint density at radius 1 is 1.48 bits per heavy atom. The maximum Gasteiger partial charge on any atom is 0.351 e. The fourth-order valence-corrected chi connectivity index (χ4v) is 3.98. The molecule has 0 aliphatic carbocycles. The van der Waals surface area contributed by atoms with Gasteiger partial charge in [0.25, 0.3) is 0 Å². The number of rotatable bonds is 2. The largest absolute Gasteiger partial charge is 0.465 e. The van der Waals surface area contributed by atoms with E-state index in [0.29, 0.717) is 22.9 Å². The predicted molar refractivity (Wildman–Crippen MR) is 88.8 cm³/mol. The molecule has 3 rings (SSSR count). The molecule has 0 bridgehead atoms. The third-order valence-corrected chi connectivity index (χ3v) is 5.17. The van der Waals surface area contributed by atoms with Crippen molar-refractivity contribution in [3.05, 3.63) is 34.3 Å². The Hall–Kier alpha value is -2.37. The highest BCUT2D eigenvalue weighted by molar-refractivity contribution is 8.03. The molecule has 1 saturated heterocycles. The summed E-state index contributed by atoms with van der Waals surface area (Å²) >= 11 is 2.80. The van der Waals surface area contributed by atoms with Gasteiger partial charge in [-0.2, -0.15) is 5.26 Å². The van der Waals surface area contributed by atoms with Crippen molar-refractivity contribution < 1.29 is 14.3 Å². The number of thiazole rings is 1. The number of nitriles is 1. The van der Waals surface area contributed by atoms with Gasteiger partial charge in [0.1, 0.15) is 11.1 Å². The Labute approximate surface area is 140 Å². The number of hydrogen-bond acceptors (Lipinski definition) is 7. The van der Waals surface area contributed by atoms with Gasteiger partial charge in [0.2, 0.25) is 5.91 Å². The number of ether oxygens (including phenoxy) is 1. The Morgan fingerprint density at radius 3 is 3.04 bits per heavy atom. The number of fused-ring (bicyclic) bond motifs is 1. The molecule has 0 unspecified atom stereocenters. The second-order valence-corrected chi connectivity index (χ2v) is 6.59. The van der Waals surface area contributed by atoms with E-state index in [2.05, 4.69) is 9.72 Å². The SMILES string of the molecule is COC(=O)/C(C#N)=C1\SCCC(=O)N1c1ccc2scnc2c1. The quantitative estimate of drug-likeness (QED) is 0.473. The maximum absolute atomic E-state index is 12.4. The topological polar surface area (TPSA) is 83.3 Å². The van der Waals surface area contributed by atoms with E-state index in [9.17, 15) is 14.9 Å². The number of carbonyl (C=O) groups excluding carboxylic acids is 2. The Bertz CT molecular complexity index is 866. The van der Waals surface area contributed by atoms with Crippen molar-refractivity contribution in [2.24, 2.45) is 0 Å². The van der Waals surface area contributed by atoms with Gasteiger partial charge >= 0.3 is 5.97 Å². The maximum atomic E-state index is 12.4. The van der Waals surface area contributed by atoms with E-state index in [0.717, 1.165) is 10.2 Å². The average molecular weight is 345 g/mol. The van der Waals surface area contributed by atoms with E-state index >= 15 is 0 Å². The number of aromatic nitrogens is 1. The second-order valence-electron chi connectivity index (χ2n) is 4.62. The molecule has 0 saturated carbocycles. The van der Waals surface area contributed by atoms with Gasteiger partial charge in [0.05, 0.1) is 28.5 Å². The van der Waals surface area contributed by atoms with Crippen molar-refractivity contribution >= 4 is 50.9 Å². The van der Waals surface area contributed by atoms with E-state index in [1.54, 1.807) is 17.6 Å². The fourth-order valence-electron chi connectivity index (χ4n) is 2.24. The molecule has 0 atom stereocenters. The highest BCUT2D eigenvalue weighted by atomic mass is 32.2. The van der Waals surface area contributed by atoms with Crippen LogP contribution in [0, 0.1) is 11.3 Å². The van der Waals surface area contributed by atoms with Crippen molar-refractivity contribution in [1.29, 1.82) is 5.26 Å². The van der Waals surface area contributed by atoms with Crippen LogP contribution < -0.4 is 4.90 Å². The van der Waals surface area contributed by atoms with E-state index in [4.69, 9.17) is 0 Å². The van der Waals surface area contributed by atoms with E-state index in [1.165, 1.54) is 35.1 Å². The van der Waals surface area contributed by atoms with Crippen LogP contribution in [0.5, 0.6) is 0 Å². The molecule has 1 amide bonds. The molecule has 23 heavy (non-hydrogen) atoms. The van der Waals surface area contributed by atoms with Crippen LogP contribution in [-0.4, -0.2) is 29.7 Å². The first-order valence-corrected chi connectivity index (χ1v) is 8.54. The summed E-state index contributed by atoms with van der Waals surface area (Å²) in [6.07, 6.45) is 0.336. The van der Waals surface area contributed by atoms with Gasteiger partial charge in [-0.3, -0.25) is 9.69 Å². The highest BCUT2D eigenvalue weighted by Gasteiger charge is 2.31. The minimum atomic E-state index is -0.746. The molecule has 1 aromatic carbocycles. The number of esters is 1. The molecule has 0 N–H and O–H groups in total. The number of carbonyl (C=O) groups is 2. The molecule has 2 heterocycles. The molecule has 1 fully saturated rings. The lowest BCUT2D eigenvalue weighted by Crippen LogP contribution is -2.34. The van der Waals surface area contributed by atoms with E-state index < -0.39 is 5.97 Å². The van der Waals surface area contributed by atoms with Crippen LogP contribution in [0.4, 0.5) is 5.69 Å². The van der Waals surface area contributed by atoms with Gasteiger partial charge in [-0.1, -0.05) is 0 Å². The molecule has 0 radical (unpaired) electrons. The summed E-state index contributed by atoms with van der Waals surface area (Å²) in [6, 6.07) is 7.29. The lowest BCUT2D eigenvalue weighted by atomic mass is 10.2. The summed E-state index contributed by atoms with van der Waals surface area (Å²) < 4.78 is 5.66. The van der Waals surface area contributed by atoms with Crippen LogP contribution >= 0.6 is 23.1 Å². The monoisotopic (exact) mass is 345 g/mol. The lowest BCUT2D eigenvalue weighted by Gasteiger charge is -2.29. The summed E-state index contributed by atoms with van der Waals surface area (Å²) in [5.74, 6) is -0.388. The summed E-state index contributed by atoms with van der Waals surface area (Å²) in [5, 5.41) is 9.61. The van der Waals surface area contributed by atoms with Crippen molar-refractivity contribution in [3.8, 4) is 6.07 Å². The molecule has 1 aliphatic rings. The second kappa shape index (κ2) is 6.40. The smallest absolute Gasteiger partial charge is 0.351 e. The number of methoxy groups -OCH3 is 1. The zero-order chi connectivity index (χ0) is 16.4. The highest BCUT2D eigenvalue weighted by Crippen LogP contribution is 2.36. The molecule has 1 aromatic heterocycles. The standard InChI is InChI=1S/C15H11N3O3S2/c1-21-15(20)10(7-16)14-18(13(19)4-5-22-14)9-2-3-12-11(6-9)17-8-23-12/h2-3,6,8H,4-5H2,1H3/b14-10-.